The molecule has 5 aromatic carbocycles. The van der Waals surface area contributed by atoms with E-state index in [-0.39, 0.29) is 5.41 Å². The Hall–Kier alpha value is -3.38. The van der Waals surface area contributed by atoms with Crippen LogP contribution >= 0.6 is 0 Å². The fourth-order valence-electron chi connectivity index (χ4n) is 4.92. The van der Waals surface area contributed by atoms with Gasteiger partial charge in [0.1, 0.15) is 0 Å². The first kappa shape index (κ1) is 21.5. The lowest BCUT2D eigenvalue weighted by Gasteiger charge is -2.21. The molecule has 5 rings (SSSR count). The maximum absolute atomic E-state index is 2.30. The SMILES string of the molecule is CC(C)c1ccc(-c2c3ccccc3c(-c3ccc(C(C)(C)C)cc3)c3ccccc23)cc1. The lowest BCUT2D eigenvalue weighted by molar-refractivity contribution is 0.590. The Balaban J connectivity index is 1.82. The molecule has 0 heteroatoms. The van der Waals surface area contributed by atoms with Gasteiger partial charge in [0.05, 0.1) is 0 Å². The van der Waals surface area contributed by atoms with Crippen molar-refractivity contribution in [3.8, 4) is 22.3 Å². The van der Waals surface area contributed by atoms with Crippen LogP contribution in [0.15, 0.2) is 97.1 Å². The highest BCUT2D eigenvalue weighted by Gasteiger charge is 2.18. The Labute approximate surface area is 197 Å². The summed E-state index contributed by atoms with van der Waals surface area (Å²) in [6, 6.07) is 36.1. The van der Waals surface area contributed by atoms with Gasteiger partial charge in [0.2, 0.25) is 0 Å². The molecule has 0 saturated heterocycles. The zero-order valence-corrected chi connectivity index (χ0v) is 20.3. The molecule has 5 aromatic rings. The number of hydrogen-bond donors (Lipinski definition) is 0. The average molecular weight is 429 g/mol. The van der Waals surface area contributed by atoms with Crippen LogP contribution in [0.2, 0.25) is 0 Å². The molecular weight excluding hydrogens is 396 g/mol. The third-order valence-electron chi connectivity index (χ3n) is 6.84. The summed E-state index contributed by atoms with van der Waals surface area (Å²) in [5.41, 5.74) is 8.09. The van der Waals surface area contributed by atoms with Gasteiger partial charge in [0.15, 0.2) is 0 Å². The summed E-state index contributed by atoms with van der Waals surface area (Å²) in [7, 11) is 0. The molecule has 0 nitrogen and oxygen atoms in total. The van der Waals surface area contributed by atoms with Crippen LogP contribution in [0, 0.1) is 0 Å². The molecule has 0 fully saturated rings. The Morgan fingerprint density at radius 3 is 1.18 bits per heavy atom. The molecule has 0 heterocycles. The van der Waals surface area contributed by atoms with Crippen molar-refractivity contribution < 1.29 is 0 Å². The predicted octanol–water partition coefficient (Wildman–Crippen LogP) is 9.75. The van der Waals surface area contributed by atoms with Gasteiger partial charge < -0.3 is 0 Å². The highest BCUT2D eigenvalue weighted by atomic mass is 14.2. The molecule has 33 heavy (non-hydrogen) atoms. The van der Waals surface area contributed by atoms with E-state index in [4.69, 9.17) is 0 Å². The van der Waals surface area contributed by atoms with E-state index in [0.29, 0.717) is 5.92 Å². The summed E-state index contributed by atoms with van der Waals surface area (Å²) in [5.74, 6) is 0.533. The van der Waals surface area contributed by atoms with Crippen LogP contribution in [0.3, 0.4) is 0 Å². The summed E-state index contributed by atoms with van der Waals surface area (Å²) in [6.45, 7) is 11.3. The molecule has 164 valence electrons. The normalized spacial score (nSPS) is 12.1. The second kappa shape index (κ2) is 8.19. The molecule has 0 aliphatic heterocycles. The molecule has 0 bridgehead atoms. The van der Waals surface area contributed by atoms with Crippen molar-refractivity contribution in [2.24, 2.45) is 0 Å². The Morgan fingerprint density at radius 1 is 0.485 bits per heavy atom. The van der Waals surface area contributed by atoms with Crippen LogP contribution in [0.4, 0.5) is 0 Å². The highest BCUT2D eigenvalue weighted by molar-refractivity contribution is 6.21. The van der Waals surface area contributed by atoms with Crippen molar-refractivity contribution in [2.45, 2.75) is 46.0 Å². The highest BCUT2D eigenvalue weighted by Crippen LogP contribution is 2.43. The molecule has 0 atom stereocenters. The van der Waals surface area contributed by atoms with Gasteiger partial charge in [-0.2, -0.15) is 0 Å². The summed E-state index contributed by atoms with van der Waals surface area (Å²) in [6.07, 6.45) is 0. The maximum Gasteiger partial charge on any atom is -0.00264 e. The van der Waals surface area contributed by atoms with Crippen molar-refractivity contribution in [3.63, 3.8) is 0 Å². The summed E-state index contributed by atoms with van der Waals surface area (Å²) < 4.78 is 0. The van der Waals surface area contributed by atoms with E-state index >= 15 is 0 Å². The zero-order chi connectivity index (χ0) is 23.2. The lowest BCUT2D eigenvalue weighted by Crippen LogP contribution is -2.10. The Kier molecular flexibility index (Phi) is 5.33. The molecule has 0 N–H and O–H groups in total. The van der Waals surface area contributed by atoms with Crippen molar-refractivity contribution >= 4 is 21.5 Å². The van der Waals surface area contributed by atoms with Crippen LogP contribution in [0.25, 0.3) is 43.8 Å². The summed E-state index contributed by atoms with van der Waals surface area (Å²) in [4.78, 5) is 0. The summed E-state index contributed by atoms with van der Waals surface area (Å²) >= 11 is 0. The van der Waals surface area contributed by atoms with Gasteiger partial charge in [-0.3, -0.25) is 0 Å². The van der Waals surface area contributed by atoms with Crippen molar-refractivity contribution in [2.75, 3.05) is 0 Å². The molecule has 0 spiro atoms. The topological polar surface area (TPSA) is 0 Å². The molecule has 0 unspecified atom stereocenters. The minimum atomic E-state index is 0.147. The van der Waals surface area contributed by atoms with Gasteiger partial charge in [-0.15, -0.1) is 0 Å². The van der Waals surface area contributed by atoms with Gasteiger partial charge in [-0.1, -0.05) is 132 Å². The standard InChI is InChI=1S/C33H32/c1-22(2)23-14-16-24(17-15-23)31-27-10-6-8-12-29(27)32(30-13-9-7-11-28(30)31)25-18-20-26(21-19-25)33(3,4)5/h6-22H,1-5H3. The van der Waals surface area contributed by atoms with Crippen molar-refractivity contribution in [3.05, 3.63) is 108 Å². The largest absolute Gasteiger partial charge is 0.0616 e. The van der Waals surface area contributed by atoms with E-state index in [1.54, 1.807) is 0 Å². The zero-order valence-electron chi connectivity index (χ0n) is 20.3. The van der Waals surface area contributed by atoms with E-state index in [1.807, 2.05) is 0 Å². The molecule has 0 aliphatic rings. The first-order valence-corrected chi connectivity index (χ1v) is 12.0. The average Bonchev–Trinajstić information content (AvgIpc) is 2.82. The third-order valence-corrected chi connectivity index (χ3v) is 6.84. The molecular formula is C33H32. The number of fused-ring (bicyclic) bond motifs is 2. The number of hydrogen-bond acceptors (Lipinski definition) is 0. The second-order valence-corrected chi connectivity index (χ2v) is 10.4. The van der Waals surface area contributed by atoms with Gasteiger partial charge in [0, 0.05) is 0 Å². The van der Waals surface area contributed by atoms with Gasteiger partial charge >= 0.3 is 0 Å². The minimum Gasteiger partial charge on any atom is -0.0616 e. The van der Waals surface area contributed by atoms with Crippen LogP contribution in [0.1, 0.15) is 51.7 Å². The third kappa shape index (κ3) is 3.85. The second-order valence-electron chi connectivity index (χ2n) is 10.4. The van der Waals surface area contributed by atoms with Crippen LogP contribution in [-0.2, 0) is 5.41 Å². The first-order valence-electron chi connectivity index (χ1n) is 12.0. The molecule has 0 amide bonds. The molecule has 0 saturated carbocycles. The first-order chi connectivity index (χ1) is 15.8. The summed E-state index contributed by atoms with van der Waals surface area (Å²) in [5, 5.41) is 5.23. The van der Waals surface area contributed by atoms with Crippen molar-refractivity contribution in [1.29, 1.82) is 0 Å². The quantitative estimate of drug-likeness (QED) is 0.251. The van der Waals surface area contributed by atoms with E-state index in [0.717, 1.165) is 0 Å². The molecule has 0 radical (unpaired) electrons. The fraction of sp³-hybridized carbons (Fsp3) is 0.212. The van der Waals surface area contributed by atoms with Gasteiger partial charge in [0.25, 0.3) is 0 Å². The van der Waals surface area contributed by atoms with Crippen LogP contribution in [0.5, 0.6) is 0 Å². The van der Waals surface area contributed by atoms with Gasteiger partial charge in [-0.05, 0) is 66.3 Å². The van der Waals surface area contributed by atoms with E-state index in [1.165, 1.54) is 54.9 Å². The van der Waals surface area contributed by atoms with Crippen LogP contribution < -0.4 is 0 Å². The van der Waals surface area contributed by atoms with E-state index in [9.17, 15) is 0 Å². The maximum atomic E-state index is 2.30. The van der Waals surface area contributed by atoms with Crippen LogP contribution in [-0.4, -0.2) is 0 Å². The monoisotopic (exact) mass is 428 g/mol. The van der Waals surface area contributed by atoms with Crippen molar-refractivity contribution in [1.82, 2.24) is 0 Å². The minimum absolute atomic E-state index is 0.147. The Morgan fingerprint density at radius 2 is 0.848 bits per heavy atom. The predicted molar refractivity (Wildman–Crippen MR) is 145 cm³/mol. The molecule has 0 aliphatic carbocycles. The van der Waals surface area contributed by atoms with Gasteiger partial charge in [-0.25, -0.2) is 0 Å². The van der Waals surface area contributed by atoms with E-state index < -0.39 is 0 Å². The lowest BCUT2D eigenvalue weighted by atomic mass is 9.83. The fourth-order valence-corrected chi connectivity index (χ4v) is 4.92. The van der Waals surface area contributed by atoms with E-state index in [2.05, 4.69) is 132 Å². The Bertz CT molecular complexity index is 1370. The number of benzene rings is 5. The number of rotatable bonds is 3. The smallest absolute Gasteiger partial charge is 0.00264 e. The molecule has 0 aromatic heterocycles.